The number of hydrogen-bond acceptors (Lipinski definition) is 7. The highest BCUT2D eigenvalue weighted by Gasteiger charge is 2.38. The molecule has 1 aliphatic heterocycles. The van der Waals surface area contributed by atoms with Crippen LogP contribution in [0.15, 0.2) is 60.9 Å². The zero-order chi connectivity index (χ0) is 32.6. The van der Waals surface area contributed by atoms with Crippen LogP contribution < -0.4 is 10.6 Å². The highest BCUT2D eigenvalue weighted by Crippen LogP contribution is 2.27. The Morgan fingerprint density at radius 3 is 2.49 bits per heavy atom. The number of pyridine rings is 1. The van der Waals surface area contributed by atoms with Crippen molar-refractivity contribution in [2.45, 2.75) is 83.2 Å². The Morgan fingerprint density at radius 1 is 1.09 bits per heavy atom. The van der Waals surface area contributed by atoms with Gasteiger partial charge in [-0.3, -0.25) is 24.3 Å². The summed E-state index contributed by atoms with van der Waals surface area (Å²) in [5.74, 6) is -0.952. The number of aromatic nitrogens is 1. The molecule has 0 radical (unpaired) electrons. The lowest BCUT2D eigenvalue weighted by molar-refractivity contribution is -0.137. The molecule has 1 saturated carbocycles. The molecule has 1 aromatic carbocycles. The van der Waals surface area contributed by atoms with Crippen LogP contribution >= 0.6 is 0 Å². The van der Waals surface area contributed by atoms with Crippen LogP contribution in [0.25, 0.3) is 6.08 Å². The summed E-state index contributed by atoms with van der Waals surface area (Å²) in [6, 6.07) is 12.4. The fraction of sp³-hybridized carbons (Fsp3) is 0.543. The lowest BCUT2D eigenvalue weighted by atomic mass is 9.91. The van der Waals surface area contributed by atoms with Crippen LogP contribution in [0.5, 0.6) is 0 Å². The Morgan fingerprint density at radius 2 is 1.84 bits per heavy atom. The molecule has 2 aliphatic rings. The van der Waals surface area contributed by atoms with Gasteiger partial charge in [-0.05, 0) is 75.6 Å². The smallest absolute Gasteiger partial charge is 0.246 e. The normalized spacial score (nSPS) is 23.9. The monoisotopic (exact) mass is 619 g/mol. The summed E-state index contributed by atoms with van der Waals surface area (Å²) in [6.45, 7) is 8.89. The standard InChI is InChI=1S/C35H49N5O5/c1-24-12-14-30(42)32(24)37-33(44)27(19-25-9-6-5-7-10-25)20-28(41)22-39-17-18-40(23-29(39)34(45)38-35(2,3)4)31(43)15-13-26-11-8-16-36-21-26/h5-11,13,15-16,21,24,27-30,32,41-42H,12,14,17-20,22-23H2,1-4H3,(H,37,44)(H,38,45)/b15-13+/t24-,27+,28-,29-,30+,32-/m0/s1. The highest BCUT2D eigenvalue weighted by atomic mass is 16.3. The fourth-order valence-corrected chi connectivity index (χ4v) is 6.24. The van der Waals surface area contributed by atoms with E-state index in [2.05, 4.69) is 15.6 Å². The van der Waals surface area contributed by atoms with Gasteiger partial charge < -0.3 is 25.7 Å². The summed E-state index contributed by atoms with van der Waals surface area (Å²) in [5.41, 5.74) is 1.31. The molecule has 6 atom stereocenters. The highest BCUT2D eigenvalue weighted by molar-refractivity contribution is 5.92. The van der Waals surface area contributed by atoms with Crippen molar-refractivity contribution in [2.75, 3.05) is 26.2 Å². The van der Waals surface area contributed by atoms with E-state index in [-0.39, 0.29) is 49.2 Å². The molecule has 2 fully saturated rings. The van der Waals surface area contributed by atoms with Crippen LogP contribution in [0.4, 0.5) is 0 Å². The minimum Gasteiger partial charge on any atom is -0.392 e. The Kier molecular flexibility index (Phi) is 11.9. The molecule has 4 N–H and O–H groups in total. The second-order valence-corrected chi connectivity index (χ2v) is 13.6. The number of nitrogens with one attached hydrogen (secondary N) is 2. The van der Waals surface area contributed by atoms with Crippen LogP contribution in [0.2, 0.25) is 0 Å². The van der Waals surface area contributed by atoms with E-state index in [9.17, 15) is 24.6 Å². The summed E-state index contributed by atoms with van der Waals surface area (Å²) >= 11 is 0. The topological polar surface area (TPSA) is 135 Å². The molecular formula is C35H49N5O5. The van der Waals surface area contributed by atoms with Gasteiger partial charge in [-0.1, -0.05) is 43.3 Å². The number of aliphatic hydroxyl groups is 2. The van der Waals surface area contributed by atoms with Crippen molar-refractivity contribution in [2.24, 2.45) is 11.8 Å². The first kappa shape index (κ1) is 34.3. The summed E-state index contributed by atoms with van der Waals surface area (Å²) in [5, 5.41) is 27.9. The minimum absolute atomic E-state index is 0.173. The molecule has 4 rings (SSSR count). The molecule has 2 heterocycles. The van der Waals surface area contributed by atoms with Crippen molar-refractivity contribution in [3.8, 4) is 0 Å². The second-order valence-electron chi connectivity index (χ2n) is 13.6. The quantitative estimate of drug-likeness (QED) is 0.284. The number of aliphatic hydroxyl groups excluding tert-OH is 2. The van der Waals surface area contributed by atoms with Gasteiger partial charge in [-0.25, -0.2) is 0 Å². The number of β-amino-alcohol motifs (C(OH)–C–C–N with tert-alkyl or cyclic N) is 1. The average molecular weight is 620 g/mol. The maximum absolute atomic E-state index is 13.6. The molecule has 244 valence electrons. The zero-order valence-electron chi connectivity index (χ0n) is 26.9. The molecule has 1 aliphatic carbocycles. The third-order valence-electron chi connectivity index (χ3n) is 8.66. The van der Waals surface area contributed by atoms with Crippen molar-refractivity contribution in [1.29, 1.82) is 0 Å². The van der Waals surface area contributed by atoms with Gasteiger partial charge in [0.05, 0.1) is 18.2 Å². The van der Waals surface area contributed by atoms with E-state index < -0.39 is 29.7 Å². The number of amides is 3. The Bertz CT molecular complexity index is 1290. The summed E-state index contributed by atoms with van der Waals surface area (Å²) < 4.78 is 0. The molecule has 1 saturated heterocycles. The number of hydrogen-bond donors (Lipinski definition) is 4. The number of benzene rings is 1. The van der Waals surface area contributed by atoms with Crippen molar-refractivity contribution in [1.82, 2.24) is 25.4 Å². The Labute approximate surface area is 266 Å². The van der Waals surface area contributed by atoms with E-state index in [1.807, 2.05) is 69.0 Å². The second kappa shape index (κ2) is 15.6. The van der Waals surface area contributed by atoms with Crippen molar-refractivity contribution < 1.29 is 24.6 Å². The van der Waals surface area contributed by atoms with Crippen LogP contribution in [-0.4, -0.2) is 98.7 Å². The molecule has 1 aromatic heterocycles. The van der Waals surface area contributed by atoms with E-state index in [0.717, 1.165) is 17.5 Å². The van der Waals surface area contributed by atoms with E-state index in [1.165, 1.54) is 6.08 Å². The van der Waals surface area contributed by atoms with Crippen molar-refractivity contribution >= 4 is 23.8 Å². The molecular weight excluding hydrogens is 570 g/mol. The maximum atomic E-state index is 13.6. The van der Waals surface area contributed by atoms with Gasteiger partial charge in [-0.2, -0.15) is 0 Å². The van der Waals surface area contributed by atoms with Crippen LogP contribution in [0.1, 0.15) is 58.1 Å². The SMILES string of the molecule is C[C@H]1CC[C@@H](O)[C@H]1NC(=O)[C@H](Cc1ccccc1)C[C@H](O)CN1CCN(C(=O)/C=C/c2cccnc2)C[C@H]1C(=O)NC(C)(C)C. The maximum Gasteiger partial charge on any atom is 0.246 e. The summed E-state index contributed by atoms with van der Waals surface area (Å²) in [4.78, 5) is 47.8. The van der Waals surface area contributed by atoms with Crippen molar-refractivity contribution in [3.05, 3.63) is 72.1 Å². The van der Waals surface area contributed by atoms with E-state index in [1.54, 1.807) is 29.4 Å². The third-order valence-corrected chi connectivity index (χ3v) is 8.66. The lowest BCUT2D eigenvalue weighted by Gasteiger charge is -2.42. The van der Waals surface area contributed by atoms with Gasteiger partial charge in [0.15, 0.2) is 0 Å². The third kappa shape index (κ3) is 10.2. The predicted molar refractivity (Wildman–Crippen MR) is 174 cm³/mol. The molecule has 0 bridgehead atoms. The lowest BCUT2D eigenvalue weighted by Crippen LogP contribution is -2.62. The first-order valence-electron chi connectivity index (χ1n) is 16.0. The van der Waals surface area contributed by atoms with Gasteiger partial charge in [0.2, 0.25) is 17.7 Å². The van der Waals surface area contributed by atoms with Gasteiger partial charge >= 0.3 is 0 Å². The fourth-order valence-electron chi connectivity index (χ4n) is 6.24. The number of carbonyl (C=O) groups excluding carboxylic acids is 3. The van der Waals surface area contributed by atoms with E-state index >= 15 is 0 Å². The molecule has 10 nitrogen and oxygen atoms in total. The molecule has 2 aromatic rings. The van der Waals surface area contributed by atoms with Gasteiger partial charge in [0.1, 0.15) is 6.04 Å². The Hall–Kier alpha value is -3.60. The molecule has 3 amide bonds. The predicted octanol–water partition coefficient (Wildman–Crippen LogP) is 2.41. The van der Waals surface area contributed by atoms with E-state index in [4.69, 9.17) is 0 Å². The Balaban J connectivity index is 1.45. The van der Waals surface area contributed by atoms with E-state index in [0.29, 0.717) is 25.9 Å². The van der Waals surface area contributed by atoms with Crippen molar-refractivity contribution in [3.63, 3.8) is 0 Å². The molecule has 10 heteroatoms. The summed E-state index contributed by atoms with van der Waals surface area (Å²) in [6.07, 6.45) is 7.22. The largest absolute Gasteiger partial charge is 0.392 e. The number of nitrogens with zero attached hydrogens (tertiary/aromatic N) is 3. The minimum atomic E-state index is -0.895. The average Bonchev–Trinajstić information content (AvgIpc) is 3.32. The number of carbonyl (C=O) groups is 3. The van der Waals surface area contributed by atoms with Gasteiger partial charge in [-0.15, -0.1) is 0 Å². The molecule has 0 unspecified atom stereocenters. The zero-order valence-corrected chi connectivity index (χ0v) is 26.9. The number of piperazine rings is 1. The van der Waals surface area contributed by atoms with Gasteiger partial charge in [0.25, 0.3) is 0 Å². The van der Waals surface area contributed by atoms with Crippen LogP contribution in [-0.2, 0) is 20.8 Å². The molecule has 45 heavy (non-hydrogen) atoms. The first-order chi connectivity index (χ1) is 21.4. The van der Waals surface area contributed by atoms with Crippen LogP contribution in [0, 0.1) is 11.8 Å². The van der Waals surface area contributed by atoms with Crippen LogP contribution in [0.3, 0.4) is 0 Å². The van der Waals surface area contributed by atoms with Gasteiger partial charge in [0, 0.05) is 56.1 Å². The molecule has 0 spiro atoms. The number of rotatable bonds is 11. The summed E-state index contributed by atoms with van der Waals surface area (Å²) in [7, 11) is 0. The first-order valence-corrected chi connectivity index (χ1v) is 16.0.